The van der Waals surface area contributed by atoms with E-state index in [0.29, 0.717) is 29.8 Å². The molecule has 28 heavy (non-hydrogen) atoms. The third-order valence-electron chi connectivity index (χ3n) is 5.59. The van der Waals surface area contributed by atoms with E-state index in [1.165, 1.54) is 0 Å². The van der Waals surface area contributed by atoms with Crippen LogP contribution in [0.3, 0.4) is 0 Å². The highest BCUT2D eigenvalue weighted by atomic mass is 35.5. The predicted molar refractivity (Wildman–Crippen MR) is 108 cm³/mol. The van der Waals surface area contributed by atoms with Gasteiger partial charge in [0.2, 0.25) is 5.91 Å². The average molecular weight is 399 g/mol. The van der Waals surface area contributed by atoms with Gasteiger partial charge in [0.25, 0.3) is 0 Å². The highest BCUT2D eigenvalue weighted by molar-refractivity contribution is 6.32. The van der Waals surface area contributed by atoms with E-state index in [1.807, 2.05) is 72.6 Å². The highest BCUT2D eigenvalue weighted by Crippen LogP contribution is 2.33. The van der Waals surface area contributed by atoms with Crippen LogP contribution in [0, 0.1) is 12.8 Å². The maximum Gasteiger partial charge on any atom is 0.229 e. The number of fused-ring (bicyclic) bond motifs is 1. The van der Waals surface area contributed by atoms with Gasteiger partial charge in [0, 0.05) is 26.3 Å². The minimum Gasteiger partial charge on any atom is -0.354 e. The number of hydrogen-bond acceptors (Lipinski definition) is 5. The molecule has 7 nitrogen and oxygen atoms in total. The van der Waals surface area contributed by atoms with Crippen molar-refractivity contribution in [3.8, 4) is 0 Å². The van der Waals surface area contributed by atoms with Gasteiger partial charge in [-0.1, -0.05) is 17.7 Å². The first-order valence-corrected chi connectivity index (χ1v) is 9.61. The Balaban J connectivity index is 1.50. The average Bonchev–Trinajstić information content (AvgIpc) is 3.07. The van der Waals surface area contributed by atoms with Crippen LogP contribution in [0.2, 0.25) is 5.02 Å². The van der Waals surface area contributed by atoms with E-state index in [-0.39, 0.29) is 11.8 Å². The molecule has 0 aliphatic carbocycles. The van der Waals surface area contributed by atoms with Gasteiger partial charge in [0.15, 0.2) is 5.82 Å². The molecule has 1 fully saturated rings. The lowest BCUT2D eigenvalue weighted by Crippen LogP contribution is -2.57. The van der Waals surface area contributed by atoms with Crippen LogP contribution in [0.15, 0.2) is 36.8 Å². The molecule has 0 radical (unpaired) electrons. The summed E-state index contributed by atoms with van der Waals surface area (Å²) in [7, 11) is 1.86. The molecule has 3 aromatic heterocycles. The van der Waals surface area contributed by atoms with Gasteiger partial charge < -0.3 is 14.2 Å². The second-order valence-corrected chi connectivity index (χ2v) is 8.13. The van der Waals surface area contributed by atoms with Crippen LogP contribution in [0.25, 0.3) is 5.65 Å². The first kappa shape index (κ1) is 18.7. The smallest absolute Gasteiger partial charge is 0.229 e. The molecule has 1 amide bonds. The summed E-state index contributed by atoms with van der Waals surface area (Å²) >= 11 is 6.22. The maximum atomic E-state index is 13.1. The molecular weight excluding hydrogens is 376 g/mol. The fourth-order valence-electron chi connectivity index (χ4n) is 3.58. The number of carbonyl (C=O) groups is 1. The minimum absolute atomic E-state index is 0.0881. The lowest BCUT2D eigenvalue weighted by atomic mass is 9.93. The van der Waals surface area contributed by atoms with Crippen molar-refractivity contribution < 1.29 is 4.79 Å². The number of aromatic nitrogens is 4. The molecule has 3 aromatic rings. The maximum absolute atomic E-state index is 13.1. The van der Waals surface area contributed by atoms with E-state index in [9.17, 15) is 4.79 Å². The minimum atomic E-state index is -0.499. The Morgan fingerprint density at radius 1 is 1.25 bits per heavy atom. The number of nitrogens with zero attached hydrogens (tertiary/aromatic N) is 6. The number of halogens is 1. The topological polar surface area (TPSA) is 66.6 Å². The zero-order valence-corrected chi connectivity index (χ0v) is 17.2. The molecule has 1 aliphatic rings. The number of imidazole rings is 1. The Bertz CT molecular complexity index is 1040. The second kappa shape index (κ2) is 6.74. The van der Waals surface area contributed by atoms with Crippen LogP contribution < -0.4 is 4.90 Å². The number of anilines is 1. The first-order valence-electron chi connectivity index (χ1n) is 9.23. The molecule has 0 bridgehead atoms. The van der Waals surface area contributed by atoms with E-state index < -0.39 is 5.54 Å². The number of aryl methyl sites for hydroxylation is 1. The Kier molecular flexibility index (Phi) is 4.50. The number of carbonyl (C=O) groups excluding carboxylic acids is 1. The Labute approximate surface area is 169 Å². The summed E-state index contributed by atoms with van der Waals surface area (Å²) < 4.78 is 2.03. The Hall–Kier alpha value is -2.67. The molecule has 1 saturated heterocycles. The SMILES string of the molecule is Cc1ncc(Cl)c(N2CC(C(=O)N(C)C(C)(C)c3cnc4ccccn34)C2)n1. The molecule has 0 N–H and O–H groups in total. The molecular formula is C20H23ClN6O. The van der Waals surface area contributed by atoms with Crippen molar-refractivity contribution in [2.75, 3.05) is 25.0 Å². The molecule has 0 spiro atoms. The second-order valence-electron chi connectivity index (χ2n) is 7.72. The van der Waals surface area contributed by atoms with Crippen molar-refractivity contribution in [2.45, 2.75) is 26.3 Å². The summed E-state index contributed by atoms with van der Waals surface area (Å²) in [6.07, 6.45) is 5.42. The predicted octanol–water partition coefficient (Wildman–Crippen LogP) is 2.92. The molecule has 0 aromatic carbocycles. The normalized spacial score (nSPS) is 15.0. The van der Waals surface area contributed by atoms with Gasteiger partial charge in [-0.15, -0.1) is 0 Å². The van der Waals surface area contributed by atoms with Crippen molar-refractivity contribution in [3.63, 3.8) is 0 Å². The summed E-state index contributed by atoms with van der Waals surface area (Å²) in [5.41, 5.74) is 1.35. The van der Waals surface area contributed by atoms with E-state index in [2.05, 4.69) is 15.0 Å². The summed E-state index contributed by atoms with van der Waals surface area (Å²) in [5, 5.41) is 0.510. The van der Waals surface area contributed by atoms with E-state index in [1.54, 1.807) is 6.20 Å². The standard InChI is InChI=1S/C20H23ClN6O/c1-13-22-9-15(21)18(24-13)26-11-14(12-26)19(28)25(4)20(2,3)16-10-23-17-7-5-6-8-27(16)17/h5-10,14H,11-12H2,1-4H3. The molecule has 4 rings (SSSR count). The van der Waals surface area contributed by atoms with Gasteiger partial charge >= 0.3 is 0 Å². The van der Waals surface area contributed by atoms with Crippen molar-refractivity contribution in [3.05, 3.63) is 53.3 Å². The fourth-order valence-corrected chi connectivity index (χ4v) is 3.79. The first-order chi connectivity index (χ1) is 13.3. The largest absolute Gasteiger partial charge is 0.354 e. The molecule has 1 aliphatic heterocycles. The van der Waals surface area contributed by atoms with Crippen LogP contribution in [0.4, 0.5) is 5.82 Å². The zero-order chi connectivity index (χ0) is 20.1. The molecule has 8 heteroatoms. The molecule has 4 heterocycles. The van der Waals surface area contributed by atoms with Gasteiger partial charge in [0.1, 0.15) is 16.5 Å². The lowest BCUT2D eigenvalue weighted by Gasteiger charge is -2.44. The molecule has 0 saturated carbocycles. The van der Waals surface area contributed by atoms with E-state index >= 15 is 0 Å². The highest BCUT2D eigenvalue weighted by Gasteiger charge is 2.41. The quantitative estimate of drug-likeness (QED) is 0.676. The third kappa shape index (κ3) is 2.99. The number of pyridine rings is 1. The molecule has 0 unspecified atom stereocenters. The number of hydrogen-bond donors (Lipinski definition) is 0. The monoisotopic (exact) mass is 398 g/mol. The van der Waals surface area contributed by atoms with Crippen LogP contribution >= 0.6 is 11.6 Å². The summed E-state index contributed by atoms with van der Waals surface area (Å²) in [4.78, 5) is 29.9. The van der Waals surface area contributed by atoms with Gasteiger partial charge in [-0.05, 0) is 32.9 Å². The van der Waals surface area contributed by atoms with Crippen molar-refractivity contribution in [1.29, 1.82) is 0 Å². The summed E-state index contributed by atoms with van der Waals surface area (Å²) in [5.74, 6) is 1.38. The summed E-state index contributed by atoms with van der Waals surface area (Å²) in [6.45, 7) is 7.12. The molecule has 146 valence electrons. The van der Waals surface area contributed by atoms with Gasteiger partial charge in [-0.2, -0.15) is 0 Å². The number of amides is 1. The van der Waals surface area contributed by atoms with Gasteiger partial charge in [-0.3, -0.25) is 4.79 Å². The van der Waals surface area contributed by atoms with Crippen LogP contribution in [-0.4, -0.2) is 50.3 Å². The van der Waals surface area contributed by atoms with E-state index in [0.717, 1.165) is 11.3 Å². The Morgan fingerprint density at radius 3 is 2.75 bits per heavy atom. The molecule has 0 atom stereocenters. The van der Waals surface area contributed by atoms with Crippen LogP contribution in [0.1, 0.15) is 25.4 Å². The van der Waals surface area contributed by atoms with Crippen LogP contribution in [-0.2, 0) is 10.3 Å². The van der Waals surface area contributed by atoms with Crippen LogP contribution in [0.5, 0.6) is 0 Å². The van der Waals surface area contributed by atoms with Gasteiger partial charge in [-0.25, -0.2) is 15.0 Å². The van der Waals surface area contributed by atoms with E-state index in [4.69, 9.17) is 11.6 Å². The third-order valence-corrected chi connectivity index (χ3v) is 5.86. The van der Waals surface area contributed by atoms with Gasteiger partial charge in [0.05, 0.1) is 29.5 Å². The Morgan fingerprint density at radius 2 is 2.00 bits per heavy atom. The fraction of sp³-hybridized carbons (Fsp3) is 0.400. The number of rotatable bonds is 4. The zero-order valence-electron chi connectivity index (χ0n) is 16.4. The summed E-state index contributed by atoms with van der Waals surface area (Å²) in [6, 6.07) is 5.88. The van der Waals surface area contributed by atoms with Crippen molar-refractivity contribution in [2.24, 2.45) is 5.92 Å². The lowest BCUT2D eigenvalue weighted by molar-refractivity contribution is -0.140. The van der Waals surface area contributed by atoms with Crippen molar-refractivity contribution in [1.82, 2.24) is 24.3 Å². The van der Waals surface area contributed by atoms with Crippen molar-refractivity contribution >= 4 is 29.0 Å².